The fourth-order valence-electron chi connectivity index (χ4n) is 0. The SMILES string of the molecule is CNC.[Na]. The van der Waals surface area contributed by atoms with Gasteiger partial charge in [-0.2, -0.15) is 0 Å². The molecule has 0 bridgehead atoms. The van der Waals surface area contributed by atoms with Crippen molar-refractivity contribution in [3.8, 4) is 0 Å². The molecule has 0 unspecified atom stereocenters. The summed E-state index contributed by atoms with van der Waals surface area (Å²) in [6.07, 6.45) is 0. The zero-order valence-corrected chi connectivity index (χ0v) is 5.50. The van der Waals surface area contributed by atoms with Crippen molar-refractivity contribution in [2.75, 3.05) is 14.1 Å². The van der Waals surface area contributed by atoms with Gasteiger partial charge in [-0.05, 0) is 14.1 Å². The van der Waals surface area contributed by atoms with Crippen LogP contribution in [-0.4, -0.2) is 43.7 Å². The average molecular weight is 68.1 g/mol. The molecule has 0 aromatic carbocycles. The minimum atomic E-state index is 0. The van der Waals surface area contributed by atoms with Crippen molar-refractivity contribution in [2.24, 2.45) is 0 Å². The zero-order chi connectivity index (χ0) is 2.71. The molecule has 4 heavy (non-hydrogen) atoms. The third-order valence-corrected chi connectivity index (χ3v) is 0. The summed E-state index contributed by atoms with van der Waals surface area (Å²) in [4.78, 5) is 0. The smallest absolute Gasteiger partial charge is 0 e. The number of rotatable bonds is 0. The second kappa shape index (κ2) is 9.03. The van der Waals surface area contributed by atoms with Crippen LogP contribution in [0.4, 0.5) is 0 Å². The van der Waals surface area contributed by atoms with Gasteiger partial charge in [0.15, 0.2) is 0 Å². The molecule has 0 heterocycles. The average Bonchev–Trinajstić information content (AvgIpc) is 0.918. The van der Waals surface area contributed by atoms with Crippen LogP contribution in [0.25, 0.3) is 0 Å². The van der Waals surface area contributed by atoms with Crippen molar-refractivity contribution in [2.45, 2.75) is 0 Å². The maximum atomic E-state index is 2.75. The molecule has 0 aromatic rings. The molecule has 1 nitrogen and oxygen atoms in total. The molecular weight excluding hydrogens is 61.0 g/mol. The predicted octanol–water partition coefficient (Wildman–Crippen LogP) is -0.545. The Morgan fingerprint density at radius 3 is 1.25 bits per heavy atom. The van der Waals surface area contributed by atoms with Crippen LogP contribution >= 0.6 is 0 Å². The molecule has 0 fully saturated rings. The van der Waals surface area contributed by atoms with Crippen LogP contribution in [0.2, 0.25) is 0 Å². The van der Waals surface area contributed by atoms with Gasteiger partial charge in [0.25, 0.3) is 0 Å². The van der Waals surface area contributed by atoms with E-state index in [1.165, 1.54) is 0 Å². The second-order valence-electron chi connectivity index (χ2n) is 0.500. The summed E-state index contributed by atoms with van der Waals surface area (Å²) in [5, 5.41) is 2.75. The number of hydrogen-bond donors (Lipinski definition) is 1. The number of nitrogens with one attached hydrogen (secondary N) is 1. The van der Waals surface area contributed by atoms with E-state index in [1.54, 1.807) is 0 Å². The molecule has 0 aliphatic heterocycles. The summed E-state index contributed by atoms with van der Waals surface area (Å²) in [6, 6.07) is 0. The molecule has 0 saturated heterocycles. The van der Waals surface area contributed by atoms with Gasteiger partial charge in [-0.1, -0.05) is 0 Å². The van der Waals surface area contributed by atoms with Crippen molar-refractivity contribution < 1.29 is 0 Å². The van der Waals surface area contributed by atoms with Gasteiger partial charge in [0, 0.05) is 29.6 Å². The van der Waals surface area contributed by atoms with E-state index >= 15 is 0 Å². The monoisotopic (exact) mass is 68.0 g/mol. The fourth-order valence-corrected chi connectivity index (χ4v) is 0. The van der Waals surface area contributed by atoms with E-state index in [-0.39, 0.29) is 29.6 Å². The van der Waals surface area contributed by atoms with Crippen LogP contribution in [0.5, 0.6) is 0 Å². The molecule has 0 spiro atoms. The molecule has 1 N–H and O–H groups in total. The van der Waals surface area contributed by atoms with Gasteiger partial charge in [0.05, 0.1) is 0 Å². The van der Waals surface area contributed by atoms with Gasteiger partial charge in [-0.15, -0.1) is 0 Å². The Morgan fingerprint density at radius 1 is 1.25 bits per heavy atom. The van der Waals surface area contributed by atoms with Crippen LogP contribution < -0.4 is 5.32 Å². The largest absolute Gasteiger partial charge is 0.323 e. The minimum Gasteiger partial charge on any atom is -0.323 e. The van der Waals surface area contributed by atoms with Gasteiger partial charge in [-0.3, -0.25) is 0 Å². The molecule has 21 valence electrons. The normalized spacial score (nSPS) is 4.50. The Morgan fingerprint density at radius 2 is 1.25 bits per heavy atom. The van der Waals surface area contributed by atoms with Gasteiger partial charge in [-0.25, -0.2) is 0 Å². The van der Waals surface area contributed by atoms with Crippen LogP contribution in [0.3, 0.4) is 0 Å². The van der Waals surface area contributed by atoms with E-state index in [0.29, 0.717) is 0 Å². The topological polar surface area (TPSA) is 12.0 Å². The molecule has 0 aromatic heterocycles. The summed E-state index contributed by atoms with van der Waals surface area (Å²) < 4.78 is 0. The van der Waals surface area contributed by atoms with Crippen LogP contribution in [0, 0.1) is 0 Å². The summed E-state index contributed by atoms with van der Waals surface area (Å²) in [5.74, 6) is 0. The Labute approximate surface area is 49.1 Å². The molecule has 1 radical (unpaired) electrons. The summed E-state index contributed by atoms with van der Waals surface area (Å²) >= 11 is 0. The quantitative estimate of drug-likeness (QED) is 0.376. The minimum absolute atomic E-state index is 0. The molecule has 0 amide bonds. The van der Waals surface area contributed by atoms with E-state index in [0.717, 1.165) is 0 Å². The van der Waals surface area contributed by atoms with Gasteiger partial charge in [0.1, 0.15) is 0 Å². The van der Waals surface area contributed by atoms with Crippen LogP contribution in [-0.2, 0) is 0 Å². The maximum absolute atomic E-state index is 2.75. The van der Waals surface area contributed by atoms with Gasteiger partial charge in [0.2, 0.25) is 0 Å². The number of hydrogen-bond acceptors (Lipinski definition) is 1. The Hall–Kier alpha value is 0.960. The first-order chi connectivity index (χ1) is 1.41. The molecular formula is C2H7NNa. The standard InChI is InChI=1S/C2H7N.Na/c1-3-2;/h3H,1-2H3;. The van der Waals surface area contributed by atoms with E-state index in [2.05, 4.69) is 5.32 Å². The van der Waals surface area contributed by atoms with Crippen LogP contribution in [0.15, 0.2) is 0 Å². The Kier molecular flexibility index (Phi) is 20.0. The maximum Gasteiger partial charge on any atom is 0 e. The Balaban J connectivity index is 0. The van der Waals surface area contributed by atoms with Gasteiger partial charge >= 0.3 is 0 Å². The first-order valence-corrected chi connectivity index (χ1v) is 1.00. The van der Waals surface area contributed by atoms with E-state index in [9.17, 15) is 0 Å². The summed E-state index contributed by atoms with van der Waals surface area (Å²) in [7, 11) is 3.75. The molecule has 0 atom stereocenters. The third-order valence-electron chi connectivity index (χ3n) is 0. The first-order valence-electron chi connectivity index (χ1n) is 1.00. The van der Waals surface area contributed by atoms with E-state index in [4.69, 9.17) is 0 Å². The summed E-state index contributed by atoms with van der Waals surface area (Å²) in [5.41, 5.74) is 0. The zero-order valence-electron chi connectivity index (χ0n) is 3.50. The van der Waals surface area contributed by atoms with Crippen molar-refractivity contribution in [3.05, 3.63) is 0 Å². The van der Waals surface area contributed by atoms with E-state index < -0.39 is 0 Å². The summed E-state index contributed by atoms with van der Waals surface area (Å²) in [6.45, 7) is 0. The van der Waals surface area contributed by atoms with E-state index in [1.807, 2.05) is 14.1 Å². The Bertz CT molecular complexity index is 6.00. The van der Waals surface area contributed by atoms with Crippen LogP contribution in [0.1, 0.15) is 0 Å². The molecule has 2 heteroatoms. The predicted molar refractivity (Wildman–Crippen MR) is 20.7 cm³/mol. The van der Waals surface area contributed by atoms with Crippen molar-refractivity contribution in [1.29, 1.82) is 0 Å². The van der Waals surface area contributed by atoms with Gasteiger partial charge < -0.3 is 5.32 Å². The third kappa shape index (κ3) is 12.3. The van der Waals surface area contributed by atoms with Crippen molar-refractivity contribution >= 4 is 29.6 Å². The molecule has 0 saturated carbocycles. The molecule has 0 aliphatic carbocycles. The molecule has 0 rings (SSSR count). The molecule has 0 aliphatic rings. The van der Waals surface area contributed by atoms with Crippen molar-refractivity contribution in [3.63, 3.8) is 0 Å². The first kappa shape index (κ1) is 8.88. The van der Waals surface area contributed by atoms with Crippen molar-refractivity contribution in [1.82, 2.24) is 5.32 Å². The second-order valence-corrected chi connectivity index (χ2v) is 0.500. The fraction of sp³-hybridized carbons (Fsp3) is 1.00.